The smallest absolute Gasteiger partial charge is 0.350 e. The molecule has 0 aliphatic rings. The highest BCUT2D eigenvalue weighted by atomic mass is 16.6. The van der Waals surface area contributed by atoms with Gasteiger partial charge in [-0.2, -0.15) is 0 Å². The molecule has 0 heterocycles. The van der Waals surface area contributed by atoms with Gasteiger partial charge in [0.2, 0.25) is 0 Å². The van der Waals surface area contributed by atoms with E-state index in [1.807, 2.05) is 0 Å². The minimum absolute atomic E-state index is 0.0393. The van der Waals surface area contributed by atoms with Gasteiger partial charge in [0.15, 0.2) is 0 Å². The number of hydrazine groups is 2. The maximum Gasteiger partial charge on any atom is 0.350 e. The van der Waals surface area contributed by atoms with Gasteiger partial charge in [-0.3, -0.25) is 15.5 Å². The van der Waals surface area contributed by atoms with Crippen molar-refractivity contribution in [3.8, 4) is 0 Å². The summed E-state index contributed by atoms with van der Waals surface area (Å²) in [5, 5.41) is 11.4. The van der Waals surface area contributed by atoms with Gasteiger partial charge in [0.25, 0.3) is 5.69 Å². The Hall–Kier alpha value is -2.72. The van der Waals surface area contributed by atoms with E-state index in [1.54, 1.807) is 5.43 Å². The van der Waals surface area contributed by atoms with Crippen LogP contribution in [0.1, 0.15) is 15.9 Å². The quantitative estimate of drug-likeness (QED) is 0.231. The van der Waals surface area contributed by atoms with E-state index in [-0.39, 0.29) is 16.8 Å². The summed E-state index contributed by atoms with van der Waals surface area (Å²) in [5.41, 5.74) is 1.50. The number of benzene rings is 1. The number of rotatable bonds is 3. The Morgan fingerprint density at radius 1 is 1.45 bits per heavy atom. The number of nitrogens with two attached hydrogens (primary N) is 2. The van der Waals surface area contributed by atoms with Crippen LogP contribution in [0.3, 0.4) is 0 Å². The zero-order chi connectivity index (χ0) is 15.4. The number of hydrogen-bond donors (Lipinski definition) is 3. The van der Waals surface area contributed by atoms with E-state index in [1.165, 1.54) is 6.92 Å². The molecule has 0 saturated carbocycles. The second kappa shape index (κ2) is 5.95. The summed E-state index contributed by atoms with van der Waals surface area (Å²) >= 11 is 0. The lowest BCUT2D eigenvalue weighted by Gasteiger charge is -2.19. The number of urea groups is 1. The van der Waals surface area contributed by atoms with E-state index >= 15 is 0 Å². The highest BCUT2D eigenvalue weighted by Crippen LogP contribution is 2.28. The summed E-state index contributed by atoms with van der Waals surface area (Å²) in [7, 11) is 1.13. The lowest BCUT2D eigenvalue weighted by atomic mass is 10.1. The number of nitrogens with one attached hydrogen (secondary N) is 1. The van der Waals surface area contributed by atoms with Crippen LogP contribution in [0.25, 0.3) is 0 Å². The van der Waals surface area contributed by atoms with E-state index < -0.39 is 22.6 Å². The number of hydrogen-bond acceptors (Lipinski definition) is 7. The van der Waals surface area contributed by atoms with Crippen LogP contribution in [-0.4, -0.2) is 24.0 Å². The van der Waals surface area contributed by atoms with Gasteiger partial charge < -0.3 is 4.74 Å². The molecule has 10 nitrogen and oxygen atoms in total. The van der Waals surface area contributed by atoms with Gasteiger partial charge >= 0.3 is 12.0 Å². The molecular formula is C10H13N5O5. The number of methoxy groups -OCH3 is 1. The fraction of sp³-hybridized carbons (Fsp3) is 0.200. The molecule has 1 aromatic rings. The van der Waals surface area contributed by atoms with E-state index in [0.29, 0.717) is 5.01 Å². The monoisotopic (exact) mass is 283 g/mol. The van der Waals surface area contributed by atoms with Crippen molar-refractivity contribution < 1.29 is 19.2 Å². The van der Waals surface area contributed by atoms with Crippen LogP contribution < -0.4 is 22.1 Å². The average Bonchev–Trinajstić information content (AvgIpc) is 2.44. The van der Waals surface area contributed by atoms with Gasteiger partial charge in [-0.1, -0.05) is 0 Å². The van der Waals surface area contributed by atoms with Crippen molar-refractivity contribution in [2.75, 3.05) is 12.1 Å². The van der Waals surface area contributed by atoms with Gasteiger partial charge in [0.1, 0.15) is 0 Å². The summed E-state index contributed by atoms with van der Waals surface area (Å²) in [6.45, 7) is 1.47. The van der Waals surface area contributed by atoms with E-state index in [0.717, 1.165) is 19.2 Å². The number of amides is 2. The molecule has 1 aromatic carbocycles. The molecule has 0 fully saturated rings. The zero-order valence-corrected chi connectivity index (χ0v) is 10.7. The SMILES string of the molecule is COC(=O)c1cc([N+](=O)[O-])cc(N(N)C(=O)NN)c1C. The molecule has 0 unspecified atom stereocenters. The molecule has 0 atom stereocenters. The largest absolute Gasteiger partial charge is 0.465 e. The maximum absolute atomic E-state index is 11.6. The number of carbonyl (C=O) groups excluding carboxylic acids is 2. The third-order valence-corrected chi connectivity index (χ3v) is 2.58. The minimum atomic E-state index is -0.899. The van der Waals surface area contributed by atoms with Crippen LogP contribution in [0.2, 0.25) is 0 Å². The second-order valence-electron chi connectivity index (χ2n) is 3.71. The molecule has 5 N–H and O–H groups in total. The first-order chi connectivity index (χ1) is 9.33. The third-order valence-electron chi connectivity index (χ3n) is 2.58. The fourth-order valence-electron chi connectivity index (χ4n) is 1.54. The topological polar surface area (TPSA) is 154 Å². The minimum Gasteiger partial charge on any atom is -0.465 e. The molecule has 10 heteroatoms. The van der Waals surface area contributed by atoms with Crippen LogP contribution in [0, 0.1) is 17.0 Å². The van der Waals surface area contributed by atoms with Crippen molar-refractivity contribution in [3.05, 3.63) is 33.4 Å². The van der Waals surface area contributed by atoms with Crippen LogP contribution >= 0.6 is 0 Å². The predicted octanol–water partition coefficient (Wildman–Crippen LogP) is -0.0468. The first-order valence-corrected chi connectivity index (χ1v) is 5.26. The molecule has 20 heavy (non-hydrogen) atoms. The summed E-state index contributed by atoms with van der Waals surface area (Å²) < 4.78 is 4.53. The van der Waals surface area contributed by atoms with Crippen molar-refractivity contribution in [2.24, 2.45) is 11.7 Å². The maximum atomic E-state index is 11.6. The molecule has 0 bridgehead atoms. The summed E-state index contributed by atoms with van der Waals surface area (Å²) in [4.78, 5) is 33.1. The first-order valence-electron chi connectivity index (χ1n) is 5.26. The Balaban J connectivity index is 3.50. The predicted molar refractivity (Wildman–Crippen MR) is 68.6 cm³/mol. The molecule has 0 aromatic heterocycles. The normalized spacial score (nSPS) is 9.80. The molecule has 0 aliphatic carbocycles. The Bertz CT molecular complexity index is 573. The number of nitrogens with zero attached hydrogens (tertiary/aromatic N) is 2. The number of nitro benzene ring substituents is 1. The van der Waals surface area contributed by atoms with Crippen LogP contribution in [0.5, 0.6) is 0 Å². The average molecular weight is 283 g/mol. The molecule has 0 saturated heterocycles. The van der Waals surface area contributed by atoms with Crippen molar-refractivity contribution in [2.45, 2.75) is 6.92 Å². The van der Waals surface area contributed by atoms with Crippen molar-refractivity contribution in [1.29, 1.82) is 0 Å². The third kappa shape index (κ3) is 2.81. The standard InChI is InChI=1S/C10H13N5O5/c1-5-7(9(16)20-2)3-6(15(18)19)4-8(5)14(12)10(17)13-11/h3-4H,11-12H2,1-2H3,(H,13,17). The molecule has 0 radical (unpaired) electrons. The number of carbonyl (C=O) groups is 2. The van der Waals surface area contributed by atoms with E-state index in [9.17, 15) is 19.7 Å². The number of ether oxygens (including phenoxy) is 1. The van der Waals surface area contributed by atoms with Gasteiger partial charge in [-0.25, -0.2) is 26.3 Å². The number of esters is 1. The number of non-ortho nitro benzene ring substituents is 1. The molecule has 0 aliphatic heterocycles. The van der Waals surface area contributed by atoms with E-state index in [2.05, 4.69) is 4.74 Å². The fourth-order valence-corrected chi connectivity index (χ4v) is 1.54. The van der Waals surface area contributed by atoms with Gasteiger partial charge in [0.05, 0.1) is 23.3 Å². The van der Waals surface area contributed by atoms with Gasteiger partial charge in [-0.15, -0.1) is 0 Å². The summed E-state index contributed by atoms with van der Waals surface area (Å²) in [6.07, 6.45) is 0. The Morgan fingerprint density at radius 2 is 2.05 bits per heavy atom. The van der Waals surface area contributed by atoms with Crippen LogP contribution in [0.4, 0.5) is 16.2 Å². The molecule has 2 amide bonds. The Morgan fingerprint density at radius 3 is 2.50 bits per heavy atom. The van der Waals surface area contributed by atoms with Crippen molar-refractivity contribution in [3.63, 3.8) is 0 Å². The summed E-state index contributed by atoms with van der Waals surface area (Å²) in [5.74, 6) is 9.65. The number of anilines is 1. The van der Waals surface area contributed by atoms with Crippen LogP contribution in [-0.2, 0) is 4.74 Å². The molecule has 0 spiro atoms. The Labute approximate surface area is 113 Å². The van der Waals surface area contributed by atoms with Gasteiger partial charge in [0, 0.05) is 12.1 Å². The number of nitro groups is 1. The first kappa shape index (κ1) is 15.3. The van der Waals surface area contributed by atoms with E-state index in [4.69, 9.17) is 11.7 Å². The zero-order valence-electron chi connectivity index (χ0n) is 10.7. The molecular weight excluding hydrogens is 270 g/mol. The van der Waals surface area contributed by atoms with Crippen molar-refractivity contribution >= 4 is 23.4 Å². The van der Waals surface area contributed by atoms with Crippen LogP contribution in [0.15, 0.2) is 12.1 Å². The highest BCUT2D eigenvalue weighted by molar-refractivity contribution is 5.97. The lowest BCUT2D eigenvalue weighted by Crippen LogP contribution is -2.48. The molecule has 1 rings (SSSR count). The second-order valence-corrected chi connectivity index (χ2v) is 3.71. The van der Waals surface area contributed by atoms with Crippen molar-refractivity contribution in [1.82, 2.24) is 5.43 Å². The Kier molecular flexibility index (Phi) is 4.56. The highest BCUT2D eigenvalue weighted by Gasteiger charge is 2.23. The van der Waals surface area contributed by atoms with Gasteiger partial charge in [-0.05, 0) is 12.5 Å². The lowest BCUT2D eigenvalue weighted by molar-refractivity contribution is -0.384. The summed E-state index contributed by atoms with van der Waals surface area (Å²) in [6, 6.07) is 1.19. The molecule has 108 valence electrons.